The van der Waals surface area contributed by atoms with Crippen LogP contribution < -0.4 is 0 Å². The van der Waals surface area contributed by atoms with Gasteiger partial charge in [-0.25, -0.2) is 17.5 Å². The van der Waals surface area contributed by atoms with Crippen LogP contribution in [0.2, 0.25) is 0 Å². The van der Waals surface area contributed by atoms with Crippen LogP contribution in [0.1, 0.15) is 10.6 Å². The van der Waals surface area contributed by atoms with Crippen molar-refractivity contribution < 1.29 is 27.5 Å². The summed E-state index contributed by atoms with van der Waals surface area (Å²) < 4.78 is 29.8. The van der Waals surface area contributed by atoms with Gasteiger partial charge in [-0.2, -0.15) is 0 Å². The molecule has 1 N–H and O–H groups in total. The van der Waals surface area contributed by atoms with Crippen LogP contribution in [0.25, 0.3) is 0 Å². The van der Waals surface area contributed by atoms with Crippen molar-refractivity contribution in [1.29, 1.82) is 0 Å². The number of thioether (sulfide) groups is 1. The molecule has 1 aliphatic rings. The molecule has 0 spiro atoms. The highest BCUT2D eigenvalue weighted by Gasteiger charge is 2.36. The summed E-state index contributed by atoms with van der Waals surface area (Å²) in [5, 5.41) is 8.69. The Morgan fingerprint density at radius 2 is 2.10 bits per heavy atom. The number of sulfonamides is 1. The molecule has 1 aromatic heterocycles. The van der Waals surface area contributed by atoms with Crippen molar-refractivity contribution in [3.05, 3.63) is 17.9 Å². The van der Waals surface area contributed by atoms with Gasteiger partial charge in [0, 0.05) is 19.8 Å². The van der Waals surface area contributed by atoms with Crippen molar-refractivity contribution in [1.82, 2.24) is 9.21 Å². The van der Waals surface area contributed by atoms with Gasteiger partial charge in [-0.3, -0.25) is 4.79 Å². The highest BCUT2D eigenvalue weighted by molar-refractivity contribution is 7.99. The van der Waals surface area contributed by atoms with Crippen LogP contribution in [0.5, 0.6) is 0 Å². The van der Waals surface area contributed by atoms with Crippen LogP contribution in [-0.2, 0) is 14.8 Å². The number of carboxylic acids is 1. The number of hydrogen-bond donors (Lipinski definition) is 1. The Bertz CT molecular complexity index is 666. The predicted octanol–water partition coefficient (Wildman–Crippen LogP) is 0.130. The van der Waals surface area contributed by atoms with Gasteiger partial charge in [0.2, 0.25) is 5.09 Å². The molecule has 21 heavy (non-hydrogen) atoms. The van der Waals surface area contributed by atoms with E-state index >= 15 is 0 Å². The highest BCUT2D eigenvalue weighted by atomic mass is 32.2. The lowest BCUT2D eigenvalue weighted by Crippen LogP contribution is -2.41. The summed E-state index contributed by atoms with van der Waals surface area (Å²) in [4.78, 5) is 24.4. The van der Waals surface area contributed by atoms with E-state index in [1.165, 1.54) is 38.0 Å². The van der Waals surface area contributed by atoms with Gasteiger partial charge in [0.15, 0.2) is 5.76 Å². The van der Waals surface area contributed by atoms with E-state index < -0.39 is 27.9 Å². The number of furan rings is 1. The number of carbonyl (C=O) groups is 2. The molecule has 0 bridgehead atoms. The molecule has 1 fully saturated rings. The van der Waals surface area contributed by atoms with Crippen molar-refractivity contribution in [3.8, 4) is 0 Å². The summed E-state index contributed by atoms with van der Waals surface area (Å²) in [6.45, 7) is 0. The molecule has 1 amide bonds. The monoisotopic (exact) mass is 334 g/mol. The second-order valence-corrected chi connectivity index (χ2v) is 7.62. The minimum absolute atomic E-state index is 0.191. The maximum Gasteiger partial charge on any atom is 0.327 e. The van der Waals surface area contributed by atoms with Crippen molar-refractivity contribution in [2.24, 2.45) is 0 Å². The number of carbonyl (C=O) groups excluding carboxylic acids is 1. The first-order chi connectivity index (χ1) is 9.75. The average Bonchev–Trinajstić information content (AvgIpc) is 3.07. The summed E-state index contributed by atoms with van der Waals surface area (Å²) in [6.07, 6.45) is 0. The molecular formula is C11H14N2O6S2. The van der Waals surface area contributed by atoms with Gasteiger partial charge in [0.25, 0.3) is 15.9 Å². The quantitative estimate of drug-likeness (QED) is 0.833. The minimum atomic E-state index is -3.77. The molecule has 2 rings (SSSR count). The topological polar surface area (TPSA) is 108 Å². The summed E-state index contributed by atoms with van der Waals surface area (Å²) in [7, 11) is -1.08. The van der Waals surface area contributed by atoms with E-state index in [1.54, 1.807) is 0 Å². The summed E-state index contributed by atoms with van der Waals surface area (Å²) in [5.41, 5.74) is 0. The van der Waals surface area contributed by atoms with Crippen molar-refractivity contribution in [2.75, 3.05) is 25.7 Å². The fraction of sp³-hybridized carbons (Fsp3) is 0.455. The van der Waals surface area contributed by atoms with Crippen LogP contribution >= 0.6 is 11.8 Å². The normalized spacial score (nSPS) is 19.2. The van der Waals surface area contributed by atoms with E-state index in [1.807, 2.05) is 0 Å². The number of aliphatic carboxylic acids is 1. The summed E-state index contributed by atoms with van der Waals surface area (Å²) in [5.74, 6) is -1.39. The number of amides is 1. The Morgan fingerprint density at radius 3 is 2.67 bits per heavy atom. The van der Waals surface area contributed by atoms with Gasteiger partial charge >= 0.3 is 5.97 Å². The Balaban J connectivity index is 2.26. The molecule has 0 aromatic carbocycles. The van der Waals surface area contributed by atoms with Crippen LogP contribution in [0, 0.1) is 0 Å². The lowest BCUT2D eigenvalue weighted by atomic mass is 10.3. The molecule has 1 aromatic rings. The standard InChI is InChI=1S/C11H14N2O6S2/c1-12(2)21(17,18)9-4-3-8(19-9)10(14)13-6-20-5-7(13)11(15)16/h3-4,7H,5-6H2,1-2H3,(H,15,16)/t7-/m0/s1. The van der Waals surface area contributed by atoms with Crippen molar-refractivity contribution in [3.63, 3.8) is 0 Å². The Hall–Kier alpha value is -1.52. The molecule has 0 radical (unpaired) electrons. The zero-order valence-electron chi connectivity index (χ0n) is 11.3. The van der Waals surface area contributed by atoms with Gasteiger partial charge in [0.1, 0.15) is 6.04 Å². The van der Waals surface area contributed by atoms with Crippen LogP contribution in [0.3, 0.4) is 0 Å². The summed E-state index contributed by atoms with van der Waals surface area (Å²) >= 11 is 1.31. The van der Waals surface area contributed by atoms with E-state index in [2.05, 4.69) is 0 Å². The molecule has 1 aliphatic heterocycles. The largest absolute Gasteiger partial charge is 0.480 e. The number of rotatable bonds is 4. The van der Waals surface area contributed by atoms with Gasteiger partial charge in [-0.15, -0.1) is 11.8 Å². The van der Waals surface area contributed by atoms with Crippen LogP contribution in [-0.4, -0.2) is 66.4 Å². The van der Waals surface area contributed by atoms with Crippen LogP contribution in [0.4, 0.5) is 0 Å². The number of hydrogen-bond acceptors (Lipinski definition) is 6. The molecular weight excluding hydrogens is 320 g/mol. The van der Waals surface area contributed by atoms with Gasteiger partial charge in [0.05, 0.1) is 5.88 Å². The predicted molar refractivity (Wildman–Crippen MR) is 74.5 cm³/mol. The number of nitrogens with zero attached hydrogens (tertiary/aromatic N) is 2. The molecule has 10 heteroatoms. The smallest absolute Gasteiger partial charge is 0.327 e. The summed E-state index contributed by atoms with van der Waals surface area (Å²) in [6, 6.07) is 1.49. The van der Waals surface area contributed by atoms with E-state index in [4.69, 9.17) is 9.52 Å². The fourth-order valence-electron chi connectivity index (χ4n) is 1.74. The first-order valence-corrected chi connectivity index (χ1v) is 8.48. The SMILES string of the molecule is CN(C)S(=O)(=O)c1ccc(C(=O)N2CSC[C@H]2C(=O)O)o1. The molecule has 2 heterocycles. The Morgan fingerprint density at radius 1 is 1.43 bits per heavy atom. The van der Waals surface area contributed by atoms with Gasteiger partial charge in [-0.1, -0.05) is 0 Å². The van der Waals surface area contributed by atoms with Gasteiger partial charge in [-0.05, 0) is 12.1 Å². The molecule has 8 nitrogen and oxygen atoms in total. The lowest BCUT2D eigenvalue weighted by molar-refractivity contribution is -0.140. The molecule has 0 unspecified atom stereocenters. The van der Waals surface area contributed by atoms with Crippen molar-refractivity contribution >= 4 is 33.7 Å². The lowest BCUT2D eigenvalue weighted by Gasteiger charge is -2.18. The van der Waals surface area contributed by atoms with Gasteiger partial charge < -0.3 is 14.4 Å². The molecule has 0 aliphatic carbocycles. The van der Waals surface area contributed by atoms with E-state index in [0.717, 1.165) is 9.21 Å². The Kier molecular flexibility index (Phi) is 4.30. The first-order valence-electron chi connectivity index (χ1n) is 5.89. The zero-order chi connectivity index (χ0) is 15.8. The second-order valence-electron chi connectivity index (χ2n) is 4.53. The first kappa shape index (κ1) is 15.9. The second kappa shape index (κ2) is 5.70. The molecule has 0 saturated carbocycles. The number of carboxylic acid groups (broad SMARTS) is 1. The Labute approximate surface area is 125 Å². The van der Waals surface area contributed by atoms with E-state index in [-0.39, 0.29) is 16.7 Å². The van der Waals surface area contributed by atoms with E-state index in [0.29, 0.717) is 5.75 Å². The average molecular weight is 334 g/mol. The highest BCUT2D eigenvalue weighted by Crippen LogP contribution is 2.25. The zero-order valence-corrected chi connectivity index (χ0v) is 13.0. The maximum atomic E-state index is 12.2. The molecule has 1 saturated heterocycles. The molecule has 116 valence electrons. The van der Waals surface area contributed by atoms with Crippen LogP contribution in [0.15, 0.2) is 21.6 Å². The molecule has 1 atom stereocenters. The van der Waals surface area contributed by atoms with Crippen molar-refractivity contribution in [2.45, 2.75) is 11.1 Å². The third-order valence-corrected chi connectivity index (χ3v) is 5.66. The third-order valence-electron chi connectivity index (χ3n) is 2.96. The minimum Gasteiger partial charge on any atom is -0.480 e. The fourth-order valence-corrected chi connectivity index (χ4v) is 3.68. The maximum absolute atomic E-state index is 12.2. The third kappa shape index (κ3) is 2.92. The van der Waals surface area contributed by atoms with E-state index in [9.17, 15) is 18.0 Å².